The van der Waals surface area contributed by atoms with Crippen LogP contribution in [0.5, 0.6) is 0 Å². The maximum Gasteiger partial charge on any atom is 0.0838 e. The molecule has 0 aliphatic carbocycles. The molecule has 1 aliphatic heterocycles. The number of likely N-dealkylation sites (N-methyl/N-ethyl adjacent to an activating group) is 2. The monoisotopic (exact) mass is 152 g/mol. The molecular weight excluding hydrogens is 136 g/mol. The van der Waals surface area contributed by atoms with Gasteiger partial charge in [-0.15, -0.1) is 6.42 Å². The minimum Gasteiger partial charge on any atom is -0.300 e. The minimum absolute atomic E-state index is 0.302. The number of hydrogen-bond acceptors (Lipinski definition) is 2. The Hall–Kier alpha value is -0.520. The maximum absolute atomic E-state index is 5.38. The molecule has 2 nitrogen and oxygen atoms in total. The predicted octanol–water partition coefficient (Wildman–Crippen LogP) is 0.254. The quantitative estimate of drug-likeness (QED) is 0.459. The van der Waals surface area contributed by atoms with Gasteiger partial charge in [0.1, 0.15) is 0 Å². The van der Waals surface area contributed by atoms with Crippen LogP contribution in [0.4, 0.5) is 0 Å². The summed E-state index contributed by atoms with van der Waals surface area (Å²) in [6.07, 6.45) is 5.38. The van der Waals surface area contributed by atoms with E-state index < -0.39 is 0 Å². The Morgan fingerprint density at radius 3 is 2.45 bits per heavy atom. The van der Waals surface area contributed by atoms with Crippen molar-refractivity contribution in [3.05, 3.63) is 0 Å². The Balaban J connectivity index is 2.56. The Morgan fingerprint density at radius 1 is 1.27 bits per heavy atom. The van der Waals surface area contributed by atoms with Crippen LogP contribution in [0.15, 0.2) is 0 Å². The van der Waals surface area contributed by atoms with Gasteiger partial charge < -0.3 is 0 Å². The molecule has 0 bridgehead atoms. The van der Waals surface area contributed by atoms with Gasteiger partial charge in [-0.1, -0.05) is 5.92 Å². The van der Waals surface area contributed by atoms with Gasteiger partial charge in [-0.3, -0.25) is 9.80 Å². The first kappa shape index (κ1) is 8.58. The molecule has 1 aliphatic rings. The van der Waals surface area contributed by atoms with Crippen molar-refractivity contribution >= 4 is 0 Å². The van der Waals surface area contributed by atoms with E-state index in [9.17, 15) is 0 Å². The van der Waals surface area contributed by atoms with Gasteiger partial charge in [0.25, 0.3) is 0 Å². The average Bonchev–Trinajstić information content (AvgIpc) is 1.97. The van der Waals surface area contributed by atoms with Crippen molar-refractivity contribution in [1.29, 1.82) is 0 Å². The summed E-state index contributed by atoms with van der Waals surface area (Å²) < 4.78 is 0. The van der Waals surface area contributed by atoms with Crippen molar-refractivity contribution in [3.8, 4) is 12.3 Å². The topological polar surface area (TPSA) is 6.48 Å². The van der Waals surface area contributed by atoms with Crippen molar-refractivity contribution in [2.45, 2.75) is 19.0 Å². The first-order chi connectivity index (χ1) is 5.15. The van der Waals surface area contributed by atoms with Gasteiger partial charge in [0.15, 0.2) is 0 Å². The molecule has 1 rings (SSSR count). The zero-order chi connectivity index (χ0) is 8.43. The fourth-order valence-electron chi connectivity index (χ4n) is 1.46. The Bertz CT molecular complexity index is 171. The molecule has 1 heterocycles. The molecule has 0 aromatic heterocycles. The predicted molar refractivity (Wildman–Crippen MR) is 47.3 cm³/mol. The van der Waals surface area contributed by atoms with Crippen LogP contribution in [0.3, 0.4) is 0 Å². The summed E-state index contributed by atoms with van der Waals surface area (Å²) in [4.78, 5) is 4.55. The van der Waals surface area contributed by atoms with Gasteiger partial charge in [0.05, 0.1) is 6.04 Å². The molecule has 0 amide bonds. The van der Waals surface area contributed by atoms with Crippen molar-refractivity contribution in [1.82, 2.24) is 9.80 Å². The highest BCUT2D eigenvalue weighted by atomic mass is 15.3. The normalized spacial score (nSPS) is 35.1. The van der Waals surface area contributed by atoms with Crippen LogP contribution in [0.1, 0.15) is 6.92 Å². The second-order valence-electron chi connectivity index (χ2n) is 3.41. The van der Waals surface area contributed by atoms with Crippen LogP contribution in [-0.2, 0) is 0 Å². The Kier molecular flexibility index (Phi) is 2.53. The molecule has 0 spiro atoms. The third kappa shape index (κ3) is 1.74. The molecule has 1 saturated heterocycles. The molecule has 0 radical (unpaired) electrons. The minimum atomic E-state index is 0.302. The molecular formula is C9H16N2. The number of hydrogen-bond donors (Lipinski definition) is 0. The maximum atomic E-state index is 5.38. The second-order valence-corrected chi connectivity index (χ2v) is 3.41. The molecule has 1 fully saturated rings. The van der Waals surface area contributed by atoms with Crippen LogP contribution in [0.2, 0.25) is 0 Å². The summed E-state index contributed by atoms with van der Waals surface area (Å²) in [6.45, 7) is 4.29. The van der Waals surface area contributed by atoms with Gasteiger partial charge in [-0.05, 0) is 21.0 Å². The van der Waals surface area contributed by atoms with Crippen LogP contribution in [0.25, 0.3) is 0 Å². The van der Waals surface area contributed by atoms with Gasteiger partial charge in [0.2, 0.25) is 0 Å². The molecule has 2 heteroatoms. The lowest BCUT2D eigenvalue weighted by Gasteiger charge is -2.39. The van der Waals surface area contributed by atoms with Gasteiger partial charge in [-0.2, -0.15) is 0 Å². The lowest BCUT2D eigenvalue weighted by molar-refractivity contribution is 0.0971. The zero-order valence-corrected chi connectivity index (χ0v) is 7.54. The summed E-state index contributed by atoms with van der Waals surface area (Å²) in [5.74, 6) is 2.79. The van der Waals surface area contributed by atoms with E-state index in [4.69, 9.17) is 6.42 Å². The highest BCUT2D eigenvalue weighted by Crippen LogP contribution is 2.10. The fraction of sp³-hybridized carbons (Fsp3) is 0.778. The van der Waals surface area contributed by atoms with Crippen molar-refractivity contribution in [2.75, 3.05) is 27.2 Å². The highest BCUT2D eigenvalue weighted by Gasteiger charge is 2.24. The van der Waals surface area contributed by atoms with Gasteiger partial charge in [0, 0.05) is 19.1 Å². The molecule has 0 aromatic carbocycles. The van der Waals surface area contributed by atoms with Crippen molar-refractivity contribution in [2.24, 2.45) is 0 Å². The highest BCUT2D eigenvalue weighted by molar-refractivity contribution is 5.03. The average molecular weight is 152 g/mol. The van der Waals surface area contributed by atoms with Gasteiger partial charge >= 0.3 is 0 Å². The van der Waals surface area contributed by atoms with E-state index in [-0.39, 0.29) is 0 Å². The summed E-state index contributed by atoms with van der Waals surface area (Å²) in [7, 11) is 4.22. The van der Waals surface area contributed by atoms with E-state index in [0.29, 0.717) is 12.1 Å². The summed E-state index contributed by atoms with van der Waals surface area (Å²) in [6, 6.07) is 0.931. The van der Waals surface area contributed by atoms with Crippen molar-refractivity contribution in [3.63, 3.8) is 0 Å². The second kappa shape index (κ2) is 3.25. The van der Waals surface area contributed by atoms with Crippen LogP contribution in [-0.4, -0.2) is 49.1 Å². The van der Waals surface area contributed by atoms with Crippen LogP contribution < -0.4 is 0 Å². The molecule has 11 heavy (non-hydrogen) atoms. The Labute approximate surface area is 69.2 Å². The molecule has 0 aromatic rings. The molecule has 62 valence electrons. The third-order valence-electron chi connectivity index (χ3n) is 2.49. The first-order valence-electron chi connectivity index (χ1n) is 4.01. The fourth-order valence-corrected chi connectivity index (χ4v) is 1.46. The summed E-state index contributed by atoms with van der Waals surface area (Å²) in [5.41, 5.74) is 0. The smallest absolute Gasteiger partial charge is 0.0838 e. The van der Waals surface area contributed by atoms with Crippen LogP contribution >= 0.6 is 0 Å². The van der Waals surface area contributed by atoms with Crippen LogP contribution in [0, 0.1) is 12.3 Å². The number of rotatable bonds is 0. The molecule has 0 unspecified atom stereocenters. The first-order valence-corrected chi connectivity index (χ1v) is 4.01. The molecule has 2 atom stereocenters. The Morgan fingerprint density at radius 2 is 1.91 bits per heavy atom. The summed E-state index contributed by atoms with van der Waals surface area (Å²) in [5, 5.41) is 0. The molecule has 0 saturated carbocycles. The summed E-state index contributed by atoms with van der Waals surface area (Å²) >= 11 is 0. The van der Waals surface area contributed by atoms with E-state index in [1.165, 1.54) is 0 Å². The molecule has 0 N–H and O–H groups in total. The number of terminal acetylenes is 1. The van der Waals surface area contributed by atoms with E-state index in [0.717, 1.165) is 13.1 Å². The standard InChI is InChI=1S/C9H16N2/c1-5-9-7-10(3)8(2)6-11(9)4/h1,8-9H,6-7H2,2-4H3/t8-,9-/m1/s1. The number of piperazine rings is 1. The number of nitrogens with zero attached hydrogens (tertiary/aromatic N) is 2. The largest absolute Gasteiger partial charge is 0.300 e. The third-order valence-corrected chi connectivity index (χ3v) is 2.49. The zero-order valence-electron chi connectivity index (χ0n) is 7.54. The lowest BCUT2D eigenvalue weighted by Crippen LogP contribution is -2.53. The van der Waals surface area contributed by atoms with E-state index in [2.05, 4.69) is 36.7 Å². The van der Waals surface area contributed by atoms with E-state index in [1.54, 1.807) is 0 Å². The lowest BCUT2D eigenvalue weighted by atomic mass is 10.1. The van der Waals surface area contributed by atoms with Crippen molar-refractivity contribution < 1.29 is 0 Å². The van der Waals surface area contributed by atoms with Gasteiger partial charge in [-0.25, -0.2) is 0 Å². The SMILES string of the molecule is C#C[C@@H]1CN(C)[C@H](C)CN1C. The van der Waals surface area contributed by atoms with E-state index in [1.807, 2.05) is 0 Å². The van der Waals surface area contributed by atoms with E-state index >= 15 is 0 Å².